The van der Waals surface area contributed by atoms with Crippen LogP contribution in [0.2, 0.25) is 0 Å². The standard InChI is InChI=1S/C29H29F3N6OS.ClH/c1-18-7-8-21-22(5-3-6-23(21)33-18)27-35-36-28(37(27)2)40-14-4-11-38-12-9-19-15-24-25(16-20(19)10-13-38)39-26(34-24)17-29(30,31)32;/h3,5-8,15-16H,4,9-14,17H2,1-2H3;1H. The zero-order valence-corrected chi connectivity index (χ0v) is 24.4. The van der Waals surface area contributed by atoms with E-state index in [9.17, 15) is 13.2 Å². The molecular weight excluding hydrogens is 573 g/mol. The van der Waals surface area contributed by atoms with E-state index in [0.717, 1.165) is 88.9 Å². The summed E-state index contributed by atoms with van der Waals surface area (Å²) in [5.41, 5.74) is 6.16. The van der Waals surface area contributed by atoms with E-state index in [-0.39, 0.29) is 18.3 Å². The van der Waals surface area contributed by atoms with E-state index in [1.807, 2.05) is 48.9 Å². The predicted octanol–water partition coefficient (Wildman–Crippen LogP) is 6.59. The minimum atomic E-state index is -4.33. The predicted molar refractivity (Wildman–Crippen MR) is 157 cm³/mol. The molecule has 1 aliphatic heterocycles. The molecule has 0 spiro atoms. The molecule has 7 nitrogen and oxygen atoms in total. The van der Waals surface area contributed by atoms with Gasteiger partial charge in [-0.05, 0) is 68.1 Å². The summed E-state index contributed by atoms with van der Waals surface area (Å²) in [4.78, 5) is 11.2. The van der Waals surface area contributed by atoms with Crippen LogP contribution in [0.4, 0.5) is 13.2 Å². The molecular formula is C29H30ClF3N6OS. The molecule has 0 saturated heterocycles. The van der Waals surface area contributed by atoms with Crippen molar-refractivity contribution in [1.29, 1.82) is 0 Å². The number of aryl methyl sites for hydroxylation is 1. The Bertz CT molecular complexity index is 1640. The molecule has 0 aliphatic carbocycles. The number of rotatable bonds is 7. The van der Waals surface area contributed by atoms with Crippen molar-refractivity contribution in [1.82, 2.24) is 29.6 Å². The van der Waals surface area contributed by atoms with E-state index < -0.39 is 12.6 Å². The zero-order valence-electron chi connectivity index (χ0n) is 22.7. The van der Waals surface area contributed by atoms with Crippen LogP contribution < -0.4 is 0 Å². The highest BCUT2D eigenvalue weighted by atomic mass is 35.5. The van der Waals surface area contributed by atoms with Crippen molar-refractivity contribution in [3.8, 4) is 11.4 Å². The maximum atomic E-state index is 12.7. The number of hydrogen-bond acceptors (Lipinski definition) is 7. The molecule has 0 amide bonds. The van der Waals surface area contributed by atoms with E-state index in [1.54, 1.807) is 11.8 Å². The summed E-state index contributed by atoms with van der Waals surface area (Å²) in [6, 6.07) is 14.0. The van der Waals surface area contributed by atoms with Gasteiger partial charge in [-0.3, -0.25) is 4.98 Å². The largest absolute Gasteiger partial charge is 0.440 e. The van der Waals surface area contributed by atoms with Crippen molar-refractivity contribution < 1.29 is 17.6 Å². The molecule has 0 atom stereocenters. The van der Waals surface area contributed by atoms with Crippen molar-refractivity contribution in [3.63, 3.8) is 0 Å². The monoisotopic (exact) mass is 602 g/mol. The van der Waals surface area contributed by atoms with Crippen LogP contribution in [-0.4, -0.2) is 61.2 Å². The molecule has 0 N–H and O–H groups in total. The molecule has 5 aromatic rings. The second kappa shape index (κ2) is 12.0. The number of alkyl halides is 3. The minimum Gasteiger partial charge on any atom is -0.440 e. The molecule has 216 valence electrons. The lowest BCUT2D eigenvalue weighted by Gasteiger charge is -2.19. The van der Waals surface area contributed by atoms with Gasteiger partial charge in [0.2, 0.25) is 5.89 Å². The lowest BCUT2D eigenvalue weighted by Crippen LogP contribution is -2.27. The highest BCUT2D eigenvalue weighted by Gasteiger charge is 2.31. The summed E-state index contributed by atoms with van der Waals surface area (Å²) in [7, 11) is 2.00. The van der Waals surface area contributed by atoms with Crippen LogP contribution in [0.1, 0.15) is 29.1 Å². The molecule has 4 heterocycles. The number of fused-ring (bicyclic) bond motifs is 3. The summed E-state index contributed by atoms with van der Waals surface area (Å²) in [6.07, 6.45) is -2.80. The number of thioether (sulfide) groups is 1. The fraction of sp³-hybridized carbons (Fsp3) is 0.379. The normalized spacial score (nSPS) is 14.3. The Labute approximate surface area is 246 Å². The molecule has 2 aromatic carbocycles. The quantitative estimate of drug-likeness (QED) is 0.154. The lowest BCUT2D eigenvalue weighted by molar-refractivity contribution is -0.130. The fourth-order valence-electron chi connectivity index (χ4n) is 5.29. The minimum absolute atomic E-state index is 0. The maximum Gasteiger partial charge on any atom is 0.397 e. The van der Waals surface area contributed by atoms with Crippen molar-refractivity contribution in [2.45, 2.75) is 43.9 Å². The highest BCUT2D eigenvalue weighted by Crippen LogP contribution is 2.30. The van der Waals surface area contributed by atoms with Gasteiger partial charge in [-0.2, -0.15) is 13.2 Å². The Morgan fingerprint density at radius 3 is 2.54 bits per heavy atom. The van der Waals surface area contributed by atoms with Crippen molar-refractivity contribution in [3.05, 3.63) is 65.2 Å². The highest BCUT2D eigenvalue weighted by molar-refractivity contribution is 7.99. The fourth-order valence-corrected chi connectivity index (χ4v) is 6.13. The molecule has 0 radical (unpaired) electrons. The number of benzene rings is 2. The summed E-state index contributed by atoms with van der Waals surface area (Å²) in [5.74, 6) is 1.47. The molecule has 1 aliphatic rings. The van der Waals surface area contributed by atoms with Crippen LogP contribution in [0.15, 0.2) is 52.0 Å². The number of halogens is 4. The van der Waals surface area contributed by atoms with Crippen molar-refractivity contribution in [2.24, 2.45) is 7.05 Å². The van der Waals surface area contributed by atoms with Crippen molar-refractivity contribution >= 4 is 46.2 Å². The SMILES string of the molecule is Cc1ccc2c(-c3nnc(SCCCN4CCc5cc6nc(CC(F)(F)F)oc6cc5CC4)n3C)cccc2n1.Cl. The molecule has 12 heteroatoms. The Hall–Kier alpha value is -3.15. The second-order valence-corrected chi connectivity index (χ2v) is 11.3. The lowest BCUT2D eigenvalue weighted by atomic mass is 10.0. The van der Waals surface area contributed by atoms with Crippen molar-refractivity contribution in [2.75, 3.05) is 25.4 Å². The summed E-state index contributed by atoms with van der Waals surface area (Å²) in [6.45, 7) is 4.75. The van der Waals surface area contributed by atoms with Gasteiger partial charge < -0.3 is 13.9 Å². The second-order valence-electron chi connectivity index (χ2n) is 10.2. The van der Waals surface area contributed by atoms with Gasteiger partial charge in [-0.1, -0.05) is 30.0 Å². The van der Waals surface area contributed by atoms with Gasteiger partial charge in [0.1, 0.15) is 11.9 Å². The first-order valence-corrected chi connectivity index (χ1v) is 14.3. The first-order chi connectivity index (χ1) is 19.2. The molecule has 0 fully saturated rings. The average Bonchev–Trinajstić information content (AvgIpc) is 3.40. The summed E-state index contributed by atoms with van der Waals surface area (Å²) >= 11 is 1.71. The van der Waals surface area contributed by atoms with Gasteiger partial charge >= 0.3 is 6.18 Å². The average molecular weight is 603 g/mol. The van der Waals surface area contributed by atoms with E-state index in [1.165, 1.54) is 0 Å². The number of pyridine rings is 1. The summed E-state index contributed by atoms with van der Waals surface area (Å²) in [5, 5.41) is 10.9. The van der Waals surface area contributed by atoms with Gasteiger partial charge in [-0.25, -0.2) is 4.98 Å². The summed E-state index contributed by atoms with van der Waals surface area (Å²) < 4.78 is 45.6. The number of oxazole rings is 1. The third-order valence-electron chi connectivity index (χ3n) is 7.30. The molecule has 41 heavy (non-hydrogen) atoms. The Kier molecular flexibility index (Phi) is 8.58. The molecule has 6 rings (SSSR count). The van der Waals surface area contributed by atoms with Gasteiger partial charge in [0.15, 0.2) is 16.6 Å². The van der Waals surface area contributed by atoms with E-state index in [4.69, 9.17) is 4.42 Å². The zero-order chi connectivity index (χ0) is 27.9. The third-order valence-corrected chi connectivity index (χ3v) is 8.40. The Morgan fingerprint density at radius 2 is 1.76 bits per heavy atom. The van der Waals surface area contributed by atoms with Gasteiger partial charge in [0.25, 0.3) is 0 Å². The number of hydrogen-bond donors (Lipinski definition) is 0. The van der Waals surface area contributed by atoms with Crippen LogP contribution in [0, 0.1) is 6.92 Å². The van der Waals surface area contributed by atoms with Crippen LogP contribution in [0.3, 0.4) is 0 Å². The van der Waals surface area contributed by atoms with Gasteiger partial charge in [0, 0.05) is 42.5 Å². The molecule has 0 unspecified atom stereocenters. The van der Waals surface area contributed by atoms with Crippen LogP contribution in [-0.2, 0) is 26.3 Å². The number of nitrogens with zero attached hydrogens (tertiary/aromatic N) is 6. The molecule has 0 bridgehead atoms. The van der Waals surface area contributed by atoms with Gasteiger partial charge in [0.05, 0.1) is 5.52 Å². The van der Waals surface area contributed by atoms with Gasteiger partial charge in [-0.15, -0.1) is 22.6 Å². The van der Waals surface area contributed by atoms with Crippen LogP contribution >= 0.6 is 24.2 Å². The molecule has 3 aromatic heterocycles. The smallest absolute Gasteiger partial charge is 0.397 e. The van der Waals surface area contributed by atoms with E-state index in [0.29, 0.717) is 11.1 Å². The van der Waals surface area contributed by atoms with E-state index >= 15 is 0 Å². The van der Waals surface area contributed by atoms with Crippen LogP contribution in [0.5, 0.6) is 0 Å². The molecule has 0 saturated carbocycles. The third kappa shape index (κ3) is 6.52. The van der Waals surface area contributed by atoms with E-state index in [2.05, 4.69) is 37.2 Å². The number of aromatic nitrogens is 5. The van der Waals surface area contributed by atoms with Crippen LogP contribution in [0.25, 0.3) is 33.4 Å². The topological polar surface area (TPSA) is 72.9 Å². The maximum absolute atomic E-state index is 12.7. The Morgan fingerprint density at radius 1 is 0.976 bits per heavy atom. The first kappa shape index (κ1) is 29.3. The first-order valence-electron chi connectivity index (χ1n) is 13.3. The Balaban J connectivity index is 0.00000337.